The Morgan fingerprint density at radius 2 is 2.33 bits per heavy atom. The molecule has 1 aromatic heterocycles. The van der Waals surface area contributed by atoms with Crippen LogP contribution in [0, 0.1) is 5.92 Å². The molecule has 0 unspecified atom stereocenters. The number of nitrogens with one attached hydrogen (secondary N) is 2. The molecule has 1 aromatic carbocycles. The summed E-state index contributed by atoms with van der Waals surface area (Å²) in [6, 6.07) is 3.55. The minimum absolute atomic E-state index is 0.00751. The minimum Gasteiger partial charge on any atom is -0.378 e. The third kappa shape index (κ3) is 3.19. The van der Waals surface area contributed by atoms with Gasteiger partial charge < -0.3 is 10.1 Å². The molecule has 0 radical (unpaired) electrons. The number of H-pyrrole nitrogens is 1. The van der Waals surface area contributed by atoms with Crippen molar-refractivity contribution in [3.8, 4) is 0 Å². The van der Waals surface area contributed by atoms with Crippen LogP contribution in [0.4, 0.5) is 5.69 Å². The highest BCUT2D eigenvalue weighted by atomic mass is 35.5. The summed E-state index contributed by atoms with van der Waals surface area (Å²) in [5, 5.41) is 11.3. The van der Waals surface area contributed by atoms with Crippen molar-refractivity contribution in [3.05, 3.63) is 23.4 Å². The van der Waals surface area contributed by atoms with Crippen LogP contribution in [0.3, 0.4) is 0 Å². The fraction of sp³-hybridized carbons (Fsp3) is 0.467. The van der Waals surface area contributed by atoms with Gasteiger partial charge in [-0.05, 0) is 37.8 Å². The lowest BCUT2D eigenvalue weighted by Gasteiger charge is -2.34. The van der Waals surface area contributed by atoms with E-state index in [0.29, 0.717) is 29.2 Å². The number of rotatable bonds is 5. The molecule has 112 valence electrons. The topological polar surface area (TPSA) is 67.0 Å². The van der Waals surface area contributed by atoms with Crippen LogP contribution in [-0.4, -0.2) is 28.8 Å². The predicted octanol–water partition coefficient (Wildman–Crippen LogP) is 3.36. The molecule has 1 fully saturated rings. The zero-order valence-corrected chi connectivity index (χ0v) is 12.6. The largest absolute Gasteiger partial charge is 0.378 e. The average molecular weight is 308 g/mol. The molecule has 21 heavy (non-hydrogen) atoms. The molecular weight excluding hydrogens is 290 g/mol. The number of halogens is 1. The summed E-state index contributed by atoms with van der Waals surface area (Å²) in [5.74, 6) is 0.422. The van der Waals surface area contributed by atoms with E-state index in [4.69, 9.17) is 16.3 Å². The Morgan fingerprint density at radius 1 is 1.52 bits per heavy atom. The first kappa shape index (κ1) is 14.4. The molecular formula is C15H18ClN3O2. The van der Waals surface area contributed by atoms with Gasteiger partial charge in [-0.25, -0.2) is 0 Å². The Bertz CT molecular complexity index is 649. The number of fused-ring (bicyclic) bond motifs is 1. The Morgan fingerprint density at radius 3 is 3.10 bits per heavy atom. The summed E-state index contributed by atoms with van der Waals surface area (Å²) >= 11 is 6.05. The minimum atomic E-state index is 0.00751. The molecule has 1 heterocycles. The molecule has 0 bridgehead atoms. The van der Waals surface area contributed by atoms with Crippen LogP contribution in [0.1, 0.15) is 26.2 Å². The number of hydrogen-bond acceptors (Lipinski definition) is 3. The molecule has 1 aliphatic rings. The smallest absolute Gasteiger partial charge is 0.224 e. The molecule has 0 atom stereocenters. The quantitative estimate of drug-likeness (QED) is 0.890. The molecule has 0 aliphatic heterocycles. The number of anilines is 1. The number of hydrogen-bond donors (Lipinski definition) is 2. The summed E-state index contributed by atoms with van der Waals surface area (Å²) < 4.78 is 5.51. The number of amides is 1. The molecule has 3 rings (SSSR count). The monoisotopic (exact) mass is 307 g/mol. The standard InChI is InChI=1S/C15H18ClN3O2/c1-2-21-12-3-9(4-12)5-14(20)18-13-7-11(16)6-10-8-17-19-15(10)13/h6-9,12H,2-5H2,1H3,(H,17,19)(H,18,20). The van der Waals surface area contributed by atoms with E-state index in [1.54, 1.807) is 12.3 Å². The average Bonchev–Trinajstić information content (AvgIpc) is 2.84. The number of aromatic amines is 1. The lowest BCUT2D eigenvalue weighted by Crippen LogP contribution is -2.33. The fourth-order valence-electron chi connectivity index (χ4n) is 2.80. The van der Waals surface area contributed by atoms with Crippen molar-refractivity contribution in [2.45, 2.75) is 32.3 Å². The number of benzene rings is 1. The lowest BCUT2D eigenvalue weighted by molar-refractivity contribution is -0.119. The van der Waals surface area contributed by atoms with Gasteiger partial charge in [-0.2, -0.15) is 5.10 Å². The van der Waals surface area contributed by atoms with E-state index in [9.17, 15) is 4.79 Å². The number of ether oxygens (including phenoxy) is 1. The Hall–Kier alpha value is -1.59. The molecule has 2 N–H and O–H groups in total. The van der Waals surface area contributed by atoms with Gasteiger partial charge in [0.05, 0.1) is 23.5 Å². The maximum Gasteiger partial charge on any atom is 0.224 e. The summed E-state index contributed by atoms with van der Waals surface area (Å²) in [6.45, 7) is 2.73. The normalized spacial score (nSPS) is 21.2. The molecule has 1 amide bonds. The van der Waals surface area contributed by atoms with E-state index in [0.717, 1.165) is 30.4 Å². The molecule has 6 heteroatoms. The number of carbonyl (C=O) groups is 1. The van der Waals surface area contributed by atoms with Crippen molar-refractivity contribution >= 4 is 34.1 Å². The molecule has 0 saturated heterocycles. The second-order valence-corrected chi connectivity index (χ2v) is 5.89. The van der Waals surface area contributed by atoms with Gasteiger partial charge in [0.25, 0.3) is 0 Å². The highest BCUT2D eigenvalue weighted by Gasteiger charge is 2.31. The number of carbonyl (C=O) groups excluding carboxylic acids is 1. The maximum atomic E-state index is 12.1. The molecule has 2 aromatic rings. The third-order valence-corrected chi connectivity index (χ3v) is 4.07. The van der Waals surface area contributed by atoms with Crippen molar-refractivity contribution in [3.63, 3.8) is 0 Å². The van der Waals surface area contributed by atoms with Gasteiger partial charge in [0.2, 0.25) is 5.91 Å². The van der Waals surface area contributed by atoms with Crippen LogP contribution in [0.15, 0.2) is 18.3 Å². The van der Waals surface area contributed by atoms with E-state index in [1.165, 1.54) is 0 Å². The Labute approximate surface area is 128 Å². The van der Waals surface area contributed by atoms with Gasteiger partial charge in [0.1, 0.15) is 0 Å². The third-order valence-electron chi connectivity index (χ3n) is 3.86. The van der Waals surface area contributed by atoms with Crippen molar-refractivity contribution in [1.29, 1.82) is 0 Å². The molecule has 5 nitrogen and oxygen atoms in total. The number of nitrogens with zero attached hydrogens (tertiary/aromatic N) is 1. The summed E-state index contributed by atoms with van der Waals surface area (Å²) in [6.07, 6.45) is 4.48. The van der Waals surface area contributed by atoms with Gasteiger partial charge in [0, 0.05) is 23.4 Å². The molecule has 1 aliphatic carbocycles. The van der Waals surface area contributed by atoms with Gasteiger partial charge >= 0.3 is 0 Å². The van der Waals surface area contributed by atoms with E-state index in [2.05, 4.69) is 15.5 Å². The van der Waals surface area contributed by atoms with E-state index in [1.807, 2.05) is 13.0 Å². The van der Waals surface area contributed by atoms with Crippen LogP contribution in [0.2, 0.25) is 5.02 Å². The van der Waals surface area contributed by atoms with Crippen LogP contribution in [0.5, 0.6) is 0 Å². The zero-order chi connectivity index (χ0) is 14.8. The van der Waals surface area contributed by atoms with Crippen molar-refractivity contribution in [2.24, 2.45) is 5.92 Å². The van der Waals surface area contributed by atoms with Crippen molar-refractivity contribution in [2.75, 3.05) is 11.9 Å². The van der Waals surface area contributed by atoms with Crippen LogP contribution < -0.4 is 5.32 Å². The zero-order valence-electron chi connectivity index (χ0n) is 11.9. The van der Waals surface area contributed by atoms with E-state index >= 15 is 0 Å². The molecule has 0 spiro atoms. The first-order valence-electron chi connectivity index (χ1n) is 7.19. The van der Waals surface area contributed by atoms with E-state index < -0.39 is 0 Å². The Balaban J connectivity index is 1.61. The van der Waals surface area contributed by atoms with Crippen LogP contribution in [0.25, 0.3) is 10.9 Å². The van der Waals surface area contributed by atoms with Crippen LogP contribution >= 0.6 is 11.6 Å². The lowest BCUT2D eigenvalue weighted by atomic mass is 9.80. The van der Waals surface area contributed by atoms with Gasteiger partial charge in [-0.3, -0.25) is 9.89 Å². The maximum absolute atomic E-state index is 12.1. The second kappa shape index (κ2) is 6.03. The highest BCUT2D eigenvalue weighted by molar-refractivity contribution is 6.32. The second-order valence-electron chi connectivity index (χ2n) is 5.45. The summed E-state index contributed by atoms with van der Waals surface area (Å²) in [5.41, 5.74) is 1.48. The van der Waals surface area contributed by atoms with Crippen molar-refractivity contribution in [1.82, 2.24) is 10.2 Å². The SMILES string of the molecule is CCOC1CC(CC(=O)Nc2cc(Cl)cc3cn[nH]c23)C1. The first-order chi connectivity index (χ1) is 10.2. The fourth-order valence-corrected chi connectivity index (χ4v) is 3.02. The summed E-state index contributed by atoms with van der Waals surface area (Å²) in [4.78, 5) is 12.1. The highest BCUT2D eigenvalue weighted by Crippen LogP contribution is 2.33. The summed E-state index contributed by atoms with van der Waals surface area (Å²) in [7, 11) is 0. The van der Waals surface area contributed by atoms with Gasteiger partial charge in [0.15, 0.2) is 0 Å². The predicted molar refractivity (Wildman–Crippen MR) is 82.5 cm³/mol. The molecule has 1 saturated carbocycles. The van der Waals surface area contributed by atoms with Crippen LogP contribution in [-0.2, 0) is 9.53 Å². The van der Waals surface area contributed by atoms with Gasteiger partial charge in [-0.1, -0.05) is 11.6 Å². The van der Waals surface area contributed by atoms with Crippen molar-refractivity contribution < 1.29 is 9.53 Å². The Kier molecular flexibility index (Phi) is 4.12. The first-order valence-corrected chi connectivity index (χ1v) is 7.57. The van der Waals surface area contributed by atoms with E-state index in [-0.39, 0.29) is 5.91 Å². The number of aromatic nitrogens is 2. The van der Waals surface area contributed by atoms with Gasteiger partial charge in [-0.15, -0.1) is 0 Å².